The molecule has 1 aromatic carbocycles. The van der Waals surface area contributed by atoms with Gasteiger partial charge in [0.1, 0.15) is 29.0 Å². The minimum absolute atomic E-state index is 0.234. The van der Waals surface area contributed by atoms with Crippen LogP contribution in [-0.4, -0.2) is 51.2 Å². The number of hydrogen-bond donors (Lipinski definition) is 3. The number of aromatic hydroxyl groups is 1. The maximum atomic E-state index is 9.52. The molecule has 0 unspecified atom stereocenters. The molecule has 0 amide bonds. The van der Waals surface area contributed by atoms with Crippen LogP contribution in [-0.2, 0) is 0 Å². The van der Waals surface area contributed by atoms with Crippen LogP contribution in [0.5, 0.6) is 5.75 Å². The zero-order chi connectivity index (χ0) is 20.1. The molecular weight excluding hydrogens is 366 g/mol. The van der Waals surface area contributed by atoms with Gasteiger partial charge in [-0.15, -0.1) is 0 Å². The fourth-order valence-electron chi connectivity index (χ4n) is 3.10. The van der Waals surface area contributed by atoms with Crippen LogP contribution in [0.3, 0.4) is 0 Å². The summed E-state index contributed by atoms with van der Waals surface area (Å²) in [6.07, 6.45) is 7.09. The highest BCUT2D eigenvalue weighted by Gasteiger charge is 2.13. The van der Waals surface area contributed by atoms with E-state index in [4.69, 9.17) is 0 Å². The largest absolute Gasteiger partial charge is 0.508 e. The first-order valence-electron chi connectivity index (χ1n) is 9.53. The second kappa shape index (κ2) is 8.66. The second-order valence-corrected chi connectivity index (χ2v) is 6.78. The van der Waals surface area contributed by atoms with Crippen molar-refractivity contribution in [3.8, 4) is 5.75 Å². The highest BCUT2D eigenvalue weighted by atomic mass is 16.3. The average Bonchev–Trinajstić information content (AvgIpc) is 2.74. The van der Waals surface area contributed by atoms with Crippen LogP contribution in [0, 0.1) is 6.92 Å². The van der Waals surface area contributed by atoms with Gasteiger partial charge in [-0.1, -0.05) is 18.2 Å². The van der Waals surface area contributed by atoms with Crippen molar-refractivity contribution >= 4 is 29.6 Å². The fourth-order valence-corrected chi connectivity index (χ4v) is 3.10. The number of hydrogen-bond acceptors (Lipinski definition) is 8. The maximum absolute atomic E-state index is 9.52. The Bertz CT molecular complexity index is 998. The van der Waals surface area contributed by atoms with Crippen LogP contribution in [0.2, 0.25) is 0 Å². The number of anilines is 3. The highest BCUT2D eigenvalue weighted by Crippen LogP contribution is 2.19. The standard InChI is InChI=1S/C21H23N7O/c1-15-25-19(12-21(26-15)28-9-7-22-8-10-28)27-20-14-23-17(13-24-20)6-5-16-3-2-4-18(29)11-16/h2-6,11-14,22,29H,7-10H2,1H3,(H,24,25,26,27)/b6-5+. The Labute approximate surface area is 169 Å². The van der Waals surface area contributed by atoms with Gasteiger partial charge in [0, 0.05) is 32.2 Å². The van der Waals surface area contributed by atoms with E-state index >= 15 is 0 Å². The highest BCUT2D eigenvalue weighted by molar-refractivity contribution is 5.68. The van der Waals surface area contributed by atoms with Gasteiger partial charge < -0.3 is 20.6 Å². The predicted molar refractivity (Wildman–Crippen MR) is 114 cm³/mol. The van der Waals surface area contributed by atoms with Gasteiger partial charge in [0.15, 0.2) is 0 Å². The zero-order valence-corrected chi connectivity index (χ0v) is 16.2. The third-order valence-electron chi connectivity index (χ3n) is 4.51. The summed E-state index contributed by atoms with van der Waals surface area (Å²) in [7, 11) is 0. The summed E-state index contributed by atoms with van der Waals surface area (Å²) in [6, 6.07) is 8.97. The lowest BCUT2D eigenvalue weighted by molar-refractivity contribution is 0.475. The Morgan fingerprint density at radius 1 is 1.03 bits per heavy atom. The van der Waals surface area contributed by atoms with Gasteiger partial charge in [-0.05, 0) is 30.7 Å². The summed E-state index contributed by atoms with van der Waals surface area (Å²) in [5.41, 5.74) is 1.62. The van der Waals surface area contributed by atoms with E-state index in [1.54, 1.807) is 30.6 Å². The molecule has 1 aliphatic rings. The number of phenols is 1. The molecule has 0 radical (unpaired) electrons. The van der Waals surface area contributed by atoms with Crippen molar-refractivity contribution in [3.63, 3.8) is 0 Å². The summed E-state index contributed by atoms with van der Waals surface area (Å²) < 4.78 is 0. The quantitative estimate of drug-likeness (QED) is 0.612. The zero-order valence-electron chi connectivity index (χ0n) is 16.2. The summed E-state index contributed by atoms with van der Waals surface area (Å²) in [4.78, 5) is 20.1. The van der Waals surface area contributed by atoms with E-state index in [1.807, 2.05) is 31.2 Å². The Kier molecular flexibility index (Phi) is 5.62. The topological polar surface area (TPSA) is 99.1 Å². The summed E-state index contributed by atoms with van der Waals surface area (Å²) in [6.45, 7) is 5.65. The normalized spacial score (nSPS) is 14.3. The molecule has 3 aromatic rings. The van der Waals surface area contributed by atoms with Crippen molar-refractivity contribution < 1.29 is 5.11 Å². The molecule has 1 fully saturated rings. The van der Waals surface area contributed by atoms with E-state index in [2.05, 4.69) is 35.5 Å². The number of nitrogens with zero attached hydrogens (tertiary/aromatic N) is 5. The summed E-state index contributed by atoms with van der Waals surface area (Å²) in [5.74, 6) is 3.17. The average molecular weight is 389 g/mol. The van der Waals surface area contributed by atoms with Crippen molar-refractivity contribution in [2.45, 2.75) is 6.92 Å². The van der Waals surface area contributed by atoms with E-state index in [9.17, 15) is 5.11 Å². The molecule has 1 aliphatic heterocycles. The number of rotatable bonds is 5. The van der Waals surface area contributed by atoms with Crippen molar-refractivity contribution in [2.75, 3.05) is 36.4 Å². The number of phenolic OH excluding ortho intramolecular Hbond substituents is 1. The molecule has 1 saturated heterocycles. The van der Waals surface area contributed by atoms with E-state index in [0.717, 1.165) is 43.3 Å². The molecule has 0 aliphatic carbocycles. The van der Waals surface area contributed by atoms with Gasteiger partial charge in [0.25, 0.3) is 0 Å². The Morgan fingerprint density at radius 2 is 1.90 bits per heavy atom. The lowest BCUT2D eigenvalue weighted by Gasteiger charge is -2.28. The first-order valence-corrected chi connectivity index (χ1v) is 9.53. The summed E-state index contributed by atoms with van der Waals surface area (Å²) in [5, 5.41) is 16.1. The third-order valence-corrected chi connectivity index (χ3v) is 4.51. The Morgan fingerprint density at radius 3 is 2.66 bits per heavy atom. The van der Waals surface area contributed by atoms with Gasteiger partial charge in [-0.3, -0.25) is 4.98 Å². The molecule has 0 bridgehead atoms. The molecule has 2 aromatic heterocycles. The lowest BCUT2D eigenvalue weighted by atomic mass is 10.2. The minimum Gasteiger partial charge on any atom is -0.508 e. The molecule has 148 valence electrons. The van der Waals surface area contributed by atoms with E-state index < -0.39 is 0 Å². The van der Waals surface area contributed by atoms with Crippen LogP contribution in [0.4, 0.5) is 17.5 Å². The number of piperazine rings is 1. The molecule has 0 atom stereocenters. The predicted octanol–water partition coefficient (Wildman–Crippen LogP) is 2.60. The van der Waals surface area contributed by atoms with Crippen LogP contribution in [0.1, 0.15) is 17.1 Å². The number of aromatic nitrogens is 4. The lowest BCUT2D eigenvalue weighted by Crippen LogP contribution is -2.44. The molecule has 8 nitrogen and oxygen atoms in total. The second-order valence-electron chi connectivity index (χ2n) is 6.78. The van der Waals surface area contributed by atoms with Crippen LogP contribution in [0.25, 0.3) is 12.2 Å². The van der Waals surface area contributed by atoms with E-state index in [1.165, 1.54) is 0 Å². The molecule has 3 N–H and O–H groups in total. The van der Waals surface area contributed by atoms with E-state index in [-0.39, 0.29) is 5.75 Å². The first-order chi connectivity index (χ1) is 14.2. The van der Waals surface area contributed by atoms with Gasteiger partial charge in [-0.25, -0.2) is 15.0 Å². The molecule has 0 spiro atoms. The smallest absolute Gasteiger partial charge is 0.150 e. The van der Waals surface area contributed by atoms with Gasteiger partial charge in [0.2, 0.25) is 0 Å². The monoisotopic (exact) mass is 389 g/mol. The van der Waals surface area contributed by atoms with Gasteiger partial charge >= 0.3 is 0 Å². The summed E-state index contributed by atoms with van der Waals surface area (Å²) >= 11 is 0. The fraction of sp³-hybridized carbons (Fsp3) is 0.238. The van der Waals surface area contributed by atoms with Gasteiger partial charge in [-0.2, -0.15) is 0 Å². The molecule has 3 heterocycles. The van der Waals surface area contributed by atoms with Crippen molar-refractivity contribution in [1.29, 1.82) is 0 Å². The number of nitrogens with one attached hydrogen (secondary N) is 2. The minimum atomic E-state index is 0.234. The van der Waals surface area contributed by atoms with Gasteiger partial charge in [0.05, 0.1) is 18.1 Å². The first kappa shape index (κ1) is 18.8. The van der Waals surface area contributed by atoms with Crippen molar-refractivity contribution in [2.24, 2.45) is 0 Å². The van der Waals surface area contributed by atoms with E-state index in [0.29, 0.717) is 17.5 Å². The molecule has 8 heteroatoms. The SMILES string of the molecule is Cc1nc(Nc2cnc(/C=C/c3cccc(O)c3)cn2)cc(N2CCNCC2)n1. The molecular formula is C21H23N7O. The molecule has 29 heavy (non-hydrogen) atoms. The van der Waals surface area contributed by atoms with Crippen molar-refractivity contribution in [3.05, 3.63) is 59.8 Å². The van der Waals surface area contributed by atoms with Crippen LogP contribution in [0.15, 0.2) is 42.7 Å². The van der Waals surface area contributed by atoms with Crippen LogP contribution >= 0.6 is 0 Å². The number of benzene rings is 1. The number of aryl methyl sites for hydroxylation is 1. The molecule has 4 rings (SSSR count). The van der Waals surface area contributed by atoms with Crippen LogP contribution < -0.4 is 15.5 Å². The Balaban J connectivity index is 1.45. The van der Waals surface area contributed by atoms with Crippen molar-refractivity contribution in [1.82, 2.24) is 25.3 Å². The third kappa shape index (κ3) is 5.05. The Hall–Kier alpha value is -3.52. The maximum Gasteiger partial charge on any atom is 0.150 e. The molecule has 0 saturated carbocycles.